The van der Waals surface area contributed by atoms with Crippen LogP contribution in [0.25, 0.3) is 0 Å². The topological polar surface area (TPSA) is 81.8 Å². The van der Waals surface area contributed by atoms with E-state index >= 15 is 0 Å². The van der Waals surface area contributed by atoms with Gasteiger partial charge in [-0.05, 0) is 55.9 Å². The molecule has 0 radical (unpaired) electrons. The van der Waals surface area contributed by atoms with Crippen LogP contribution in [0.15, 0.2) is 24.3 Å². The number of hydrogen-bond acceptors (Lipinski definition) is 4. The summed E-state index contributed by atoms with van der Waals surface area (Å²) in [7, 11) is 0. The molecule has 0 spiro atoms. The smallest absolute Gasteiger partial charge is 0.269 e. The maximum atomic E-state index is 11.4. The van der Waals surface area contributed by atoms with Crippen LogP contribution in [0.5, 0.6) is 0 Å². The lowest BCUT2D eigenvalue weighted by atomic mass is 10.0. The molecule has 0 saturated carbocycles. The first-order valence-electron chi connectivity index (χ1n) is 7.56. The summed E-state index contributed by atoms with van der Waals surface area (Å²) in [6, 6.07) is 8.02. The molecular weight excluding hydrogens is 276 g/mol. The Morgan fingerprint density at radius 2 is 2.00 bits per heavy atom. The van der Waals surface area contributed by atoms with E-state index in [1.807, 2.05) is 25.1 Å². The van der Waals surface area contributed by atoms with Crippen molar-refractivity contribution in [3.05, 3.63) is 52.6 Å². The number of carbonyl (C=O) groups is 1. The maximum Gasteiger partial charge on any atom is 0.269 e. The number of nitrogens with two attached hydrogens (primary N) is 1. The Morgan fingerprint density at radius 3 is 2.68 bits per heavy atom. The average Bonchev–Trinajstić information content (AvgIpc) is 2.47. The molecule has 0 aliphatic rings. The van der Waals surface area contributed by atoms with Crippen LogP contribution in [0.3, 0.4) is 0 Å². The van der Waals surface area contributed by atoms with E-state index in [0.29, 0.717) is 5.92 Å². The van der Waals surface area contributed by atoms with Gasteiger partial charge in [0.1, 0.15) is 0 Å². The number of rotatable bonds is 6. The van der Waals surface area contributed by atoms with E-state index in [9.17, 15) is 4.79 Å². The number of carbonyl (C=O) groups excluding carboxylic acids is 1. The second-order valence-corrected chi connectivity index (χ2v) is 5.79. The van der Waals surface area contributed by atoms with Crippen LogP contribution in [0.2, 0.25) is 0 Å². The Balaban J connectivity index is 2.04. The highest BCUT2D eigenvalue weighted by Crippen LogP contribution is 2.14. The first-order valence-corrected chi connectivity index (χ1v) is 7.56. The van der Waals surface area contributed by atoms with Gasteiger partial charge in [0.2, 0.25) is 0 Å². The lowest BCUT2D eigenvalue weighted by molar-refractivity contribution is 0.0993. The van der Waals surface area contributed by atoms with Crippen molar-refractivity contribution < 1.29 is 4.79 Å². The molecule has 0 atom stereocenters. The molecule has 0 unspecified atom stereocenters. The SMILES string of the molecule is Cc1cc(CCCc2cccc(C(C)C)n2)c(C(N)=O)nn1. The molecule has 0 aromatic carbocycles. The summed E-state index contributed by atoms with van der Waals surface area (Å²) in [4.78, 5) is 16.1. The van der Waals surface area contributed by atoms with Gasteiger partial charge in [0.25, 0.3) is 5.91 Å². The Hall–Kier alpha value is -2.30. The van der Waals surface area contributed by atoms with Crippen molar-refractivity contribution in [2.45, 2.75) is 46.0 Å². The first-order chi connectivity index (χ1) is 10.5. The van der Waals surface area contributed by atoms with Gasteiger partial charge in [-0.25, -0.2) is 0 Å². The van der Waals surface area contributed by atoms with Crippen molar-refractivity contribution in [1.29, 1.82) is 0 Å². The lowest BCUT2D eigenvalue weighted by Crippen LogP contribution is -2.17. The van der Waals surface area contributed by atoms with Gasteiger partial charge in [-0.1, -0.05) is 19.9 Å². The van der Waals surface area contributed by atoms with Crippen molar-refractivity contribution in [1.82, 2.24) is 15.2 Å². The predicted molar refractivity (Wildman–Crippen MR) is 85.6 cm³/mol. The van der Waals surface area contributed by atoms with Gasteiger partial charge in [-0.3, -0.25) is 9.78 Å². The predicted octanol–water partition coefficient (Wildman–Crippen LogP) is 2.58. The van der Waals surface area contributed by atoms with Crippen LogP contribution in [0, 0.1) is 6.92 Å². The molecular formula is C17H22N4O. The molecule has 0 bridgehead atoms. The average molecular weight is 298 g/mol. The second-order valence-electron chi connectivity index (χ2n) is 5.79. The van der Waals surface area contributed by atoms with Gasteiger partial charge < -0.3 is 5.73 Å². The van der Waals surface area contributed by atoms with E-state index in [1.54, 1.807) is 0 Å². The summed E-state index contributed by atoms with van der Waals surface area (Å²) in [5, 5.41) is 7.80. The molecule has 22 heavy (non-hydrogen) atoms. The first kappa shape index (κ1) is 16.1. The van der Waals surface area contributed by atoms with Crippen molar-refractivity contribution in [3.63, 3.8) is 0 Å². The van der Waals surface area contributed by atoms with Crippen molar-refractivity contribution in [3.8, 4) is 0 Å². The van der Waals surface area contributed by atoms with Gasteiger partial charge in [0.05, 0.1) is 5.69 Å². The molecule has 0 saturated heterocycles. The molecule has 5 nitrogen and oxygen atoms in total. The third-order valence-electron chi connectivity index (χ3n) is 3.53. The minimum absolute atomic E-state index is 0.273. The van der Waals surface area contributed by atoms with E-state index in [0.717, 1.165) is 41.9 Å². The molecule has 0 aliphatic carbocycles. The monoisotopic (exact) mass is 298 g/mol. The Morgan fingerprint density at radius 1 is 1.23 bits per heavy atom. The fourth-order valence-corrected chi connectivity index (χ4v) is 2.36. The fourth-order valence-electron chi connectivity index (χ4n) is 2.36. The number of amides is 1. The van der Waals surface area contributed by atoms with E-state index in [1.165, 1.54) is 0 Å². The van der Waals surface area contributed by atoms with Gasteiger partial charge >= 0.3 is 0 Å². The summed E-state index contributed by atoms with van der Waals surface area (Å²) < 4.78 is 0. The van der Waals surface area contributed by atoms with Crippen LogP contribution < -0.4 is 5.73 Å². The normalized spacial score (nSPS) is 10.9. The van der Waals surface area contributed by atoms with Crippen LogP contribution in [0.1, 0.15) is 59.3 Å². The fraction of sp³-hybridized carbons (Fsp3) is 0.412. The number of hydrogen-bond donors (Lipinski definition) is 1. The zero-order chi connectivity index (χ0) is 16.1. The summed E-state index contributed by atoms with van der Waals surface area (Å²) in [5.74, 6) is -0.101. The number of pyridine rings is 1. The second kappa shape index (κ2) is 7.11. The molecule has 2 N–H and O–H groups in total. The number of aryl methyl sites for hydroxylation is 3. The number of nitrogens with zero attached hydrogens (tertiary/aromatic N) is 3. The molecule has 1 amide bonds. The largest absolute Gasteiger partial charge is 0.364 e. The zero-order valence-electron chi connectivity index (χ0n) is 13.3. The lowest BCUT2D eigenvalue weighted by Gasteiger charge is -2.08. The highest BCUT2D eigenvalue weighted by molar-refractivity contribution is 5.92. The Bertz CT molecular complexity index is 667. The number of primary amides is 1. The third kappa shape index (κ3) is 4.10. The van der Waals surface area contributed by atoms with Crippen LogP contribution in [-0.4, -0.2) is 21.1 Å². The molecule has 2 heterocycles. The molecule has 2 aromatic rings. The standard InChI is InChI=1S/C17H22N4O/c1-11(2)15-9-5-8-14(19-15)7-4-6-13-10-12(3)20-21-16(13)17(18)22/h5,8-11H,4,6-7H2,1-3H3,(H2,18,22). The van der Waals surface area contributed by atoms with Gasteiger partial charge in [-0.2, -0.15) is 5.10 Å². The number of aromatic nitrogens is 3. The van der Waals surface area contributed by atoms with Gasteiger partial charge in [-0.15, -0.1) is 5.10 Å². The highest BCUT2D eigenvalue weighted by Gasteiger charge is 2.11. The molecule has 5 heteroatoms. The maximum absolute atomic E-state index is 11.4. The zero-order valence-corrected chi connectivity index (χ0v) is 13.3. The van der Waals surface area contributed by atoms with Crippen LogP contribution in [-0.2, 0) is 12.8 Å². The van der Waals surface area contributed by atoms with Crippen LogP contribution in [0.4, 0.5) is 0 Å². The van der Waals surface area contributed by atoms with Gasteiger partial charge in [0, 0.05) is 11.4 Å². The van der Waals surface area contributed by atoms with Crippen LogP contribution >= 0.6 is 0 Å². The highest BCUT2D eigenvalue weighted by atomic mass is 16.1. The molecule has 116 valence electrons. The van der Waals surface area contributed by atoms with Gasteiger partial charge in [0.15, 0.2) is 5.69 Å². The van der Waals surface area contributed by atoms with E-state index < -0.39 is 5.91 Å². The molecule has 2 rings (SSSR count). The third-order valence-corrected chi connectivity index (χ3v) is 3.53. The summed E-state index contributed by atoms with van der Waals surface area (Å²) >= 11 is 0. The molecule has 0 fully saturated rings. The van der Waals surface area contributed by atoms with Crippen molar-refractivity contribution in [2.75, 3.05) is 0 Å². The summed E-state index contributed by atoms with van der Waals surface area (Å²) in [6.45, 7) is 6.13. The van der Waals surface area contributed by atoms with Crippen molar-refractivity contribution in [2.24, 2.45) is 5.73 Å². The van der Waals surface area contributed by atoms with Crippen molar-refractivity contribution >= 4 is 5.91 Å². The molecule has 2 aromatic heterocycles. The minimum atomic E-state index is -0.526. The Labute approximate surface area is 131 Å². The quantitative estimate of drug-likeness (QED) is 0.888. The minimum Gasteiger partial charge on any atom is -0.364 e. The summed E-state index contributed by atoms with van der Waals surface area (Å²) in [6.07, 6.45) is 2.49. The van der Waals surface area contributed by atoms with E-state index in [2.05, 4.69) is 35.1 Å². The van der Waals surface area contributed by atoms with E-state index in [-0.39, 0.29) is 5.69 Å². The van der Waals surface area contributed by atoms with E-state index in [4.69, 9.17) is 5.73 Å². The Kier molecular flexibility index (Phi) is 5.20. The summed E-state index contributed by atoms with van der Waals surface area (Å²) in [5.41, 5.74) is 9.45. The molecule has 0 aliphatic heterocycles.